The standard InChI is InChI=1S/C22H28N2O6/c1-4-6-12-28-19-14-20(29-13-7-5-2)22(16(3)23-25)21(15-19)30-18-10-8-17(9-11-18)24(26)27/h8-11,14-15,25H,4-7,12-13H2,1-3H3/b23-16+. The summed E-state index contributed by atoms with van der Waals surface area (Å²) in [6.07, 6.45) is 3.75. The summed E-state index contributed by atoms with van der Waals surface area (Å²) in [5, 5.41) is 23.6. The molecule has 0 spiro atoms. The van der Waals surface area contributed by atoms with Crippen LogP contribution in [-0.4, -0.2) is 29.1 Å². The van der Waals surface area contributed by atoms with Crippen molar-refractivity contribution in [2.45, 2.75) is 46.5 Å². The highest BCUT2D eigenvalue weighted by Crippen LogP contribution is 2.38. The molecule has 2 rings (SSSR count). The lowest BCUT2D eigenvalue weighted by Gasteiger charge is -2.18. The predicted octanol–water partition coefficient (Wildman–Crippen LogP) is 5.94. The van der Waals surface area contributed by atoms with Crippen LogP contribution in [0.5, 0.6) is 23.0 Å². The maximum Gasteiger partial charge on any atom is 0.269 e. The first-order valence-corrected chi connectivity index (χ1v) is 10.0. The molecular weight excluding hydrogens is 388 g/mol. The zero-order valence-electron chi connectivity index (χ0n) is 17.6. The summed E-state index contributed by atoms with van der Waals surface area (Å²) in [4.78, 5) is 10.4. The Bertz CT molecular complexity index is 865. The van der Waals surface area contributed by atoms with Gasteiger partial charge in [-0.3, -0.25) is 10.1 Å². The Morgan fingerprint density at radius 1 is 1.00 bits per heavy atom. The number of rotatable bonds is 12. The normalized spacial score (nSPS) is 11.2. The summed E-state index contributed by atoms with van der Waals surface area (Å²) in [5.74, 6) is 1.84. The Labute approximate surface area is 176 Å². The van der Waals surface area contributed by atoms with Crippen molar-refractivity contribution in [2.24, 2.45) is 5.16 Å². The van der Waals surface area contributed by atoms with Gasteiger partial charge in [-0.2, -0.15) is 0 Å². The highest BCUT2D eigenvalue weighted by atomic mass is 16.6. The summed E-state index contributed by atoms with van der Waals surface area (Å²) in [6, 6.07) is 9.21. The Morgan fingerprint density at radius 3 is 2.17 bits per heavy atom. The number of nitrogens with zero attached hydrogens (tertiary/aromatic N) is 2. The summed E-state index contributed by atoms with van der Waals surface area (Å²) >= 11 is 0. The molecular formula is C22H28N2O6. The van der Waals surface area contributed by atoms with Crippen LogP contribution >= 0.6 is 0 Å². The highest BCUT2D eigenvalue weighted by molar-refractivity contribution is 6.03. The minimum absolute atomic E-state index is 0.0316. The molecule has 30 heavy (non-hydrogen) atoms. The molecule has 0 aliphatic heterocycles. The van der Waals surface area contributed by atoms with Crippen LogP contribution < -0.4 is 14.2 Å². The number of non-ortho nitro benzene ring substituents is 1. The van der Waals surface area contributed by atoms with Crippen molar-refractivity contribution in [1.29, 1.82) is 0 Å². The van der Waals surface area contributed by atoms with Gasteiger partial charge in [-0.1, -0.05) is 31.8 Å². The summed E-state index contributed by atoms with van der Waals surface area (Å²) in [5.41, 5.74) is 0.782. The molecule has 0 amide bonds. The van der Waals surface area contributed by atoms with Crippen molar-refractivity contribution in [3.05, 3.63) is 52.1 Å². The lowest BCUT2D eigenvalue weighted by Crippen LogP contribution is -2.07. The van der Waals surface area contributed by atoms with Crippen LogP contribution in [-0.2, 0) is 0 Å². The van der Waals surface area contributed by atoms with Crippen LogP contribution in [0.3, 0.4) is 0 Å². The quantitative estimate of drug-likeness (QED) is 0.151. The Balaban J connectivity index is 2.45. The molecule has 0 aliphatic rings. The summed E-state index contributed by atoms with van der Waals surface area (Å²) < 4.78 is 17.8. The van der Waals surface area contributed by atoms with Gasteiger partial charge in [0.25, 0.3) is 5.69 Å². The van der Waals surface area contributed by atoms with Crippen molar-refractivity contribution < 1.29 is 24.3 Å². The Kier molecular flexibility index (Phi) is 8.93. The van der Waals surface area contributed by atoms with Crippen molar-refractivity contribution in [3.8, 4) is 23.0 Å². The van der Waals surface area contributed by atoms with E-state index in [4.69, 9.17) is 14.2 Å². The van der Waals surface area contributed by atoms with Gasteiger partial charge in [0.05, 0.1) is 29.4 Å². The van der Waals surface area contributed by atoms with Crippen LogP contribution in [0, 0.1) is 10.1 Å². The zero-order valence-corrected chi connectivity index (χ0v) is 17.6. The predicted molar refractivity (Wildman–Crippen MR) is 114 cm³/mol. The third-order valence-corrected chi connectivity index (χ3v) is 4.35. The van der Waals surface area contributed by atoms with Crippen molar-refractivity contribution in [1.82, 2.24) is 0 Å². The molecule has 1 N–H and O–H groups in total. The monoisotopic (exact) mass is 416 g/mol. The van der Waals surface area contributed by atoms with Gasteiger partial charge >= 0.3 is 0 Å². The fraction of sp³-hybridized carbons (Fsp3) is 0.409. The molecule has 0 radical (unpaired) electrons. The number of benzene rings is 2. The van der Waals surface area contributed by atoms with E-state index in [0.29, 0.717) is 47.5 Å². The van der Waals surface area contributed by atoms with Gasteiger partial charge in [0.2, 0.25) is 0 Å². The molecule has 0 saturated carbocycles. The number of nitro benzene ring substituents is 1. The van der Waals surface area contributed by atoms with Gasteiger partial charge in [0, 0.05) is 24.3 Å². The minimum atomic E-state index is -0.473. The van der Waals surface area contributed by atoms with E-state index in [2.05, 4.69) is 19.0 Å². The van der Waals surface area contributed by atoms with Crippen molar-refractivity contribution in [2.75, 3.05) is 13.2 Å². The van der Waals surface area contributed by atoms with Gasteiger partial charge in [-0.15, -0.1) is 0 Å². The van der Waals surface area contributed by atoms with Crippen LogP contribution in [0.1, 0.15) is 52.0 Å². The second-order valence-electron chi connectivity index (χ2n) is 6.74. The van der Waals surface area contributed by atoms with E-state index in [1.54, 1.807) is 19.1 Å². The van der Waals surface area contributed by atoms with Crippen LogP contribution in [0.2, 0.25) is 0 Å². The average molecular weight is 416 g/mol. The van der Waals surface area contributed by atoms with E-state index < -0.39 is 4.92 Å². The zero-order chi connectivity index (χ0) is 21.9. The molecule has 8 heteroatoms. The van der Waals surface area contributed by atoms with E-state index >= 15 is 0 Å². The van der Waals surface area contributed by atoms with Crippen molar-refractivity contribution in [3.63, 3.8) is 0 Å². The molecule has 0 fully saturated rings. The molecule has 162 valence electrons. The molecule has 8 nitrogen and oxygen atoms in total. The van der Waals surface area contributed by atoms with Crippen LogP contribution in [0.15, 0.2) is 41.6 Å². The average Bonchev–Trinajstić information content (AvgIpc) is 2.74. The number of unbranched alkanes of at least 4 members (excludes halogenated alkanes) is 2. The van der Waals surface area contributed by atoms with E-state index in [-0.39, 0.29) is 5.69 Å². The molecule has 0 heterocycles. The first-order chi connectivity index (χ1) is 14.5. The van der Waals surface area contributed by atoms with E-state index in [1.807, 2.05) is 0 Å². The van der Waals surface area contributed by atoms with Gasteiger partial charge in [0.1, 0.15) is 23.0 Å². The lowest BCUT2D eigenvalue weighted by atomic mass is 10.1. The maximum absolute atomic E-state index is 10.9. The van der Waals surface area contributed by atoms with E-state index in [0.717, 1.165) is 25.7 Å². The summed E-state index contributed by atoms with van der Waals surface area (Å²) in [7, 11) is 0. The Morgan fingerprint density at radius 2 is 1.60 bits per heavy atom. The highest BCUT2D eigenvalue weighted by Gasteiger charge is 2.19. The van der Waals surface area contributed by atoms with E-state index in [9.17, 15) is 15.3 Å². The van der Waals surface area contributed by atoms with E-state index in [1.165, 1.54) is 24.3 Å². The van der Waals surface area contributed by atoms with Crippen LogP contribution in [0.25, 0.3) is 0 Å². The van der Waals surface area contributed by atoms with Crippen LogP contribution in [0.4, 0.5) is 5.69 Å². The summed E-state index contributed by atoms with van der Waals surface area (Å²) in [6.45, 7) is 6.84. The van der Waals surface area contributed by atoms with Gasteiger partial charge in [0.15, 0.2) is 0 Å². The van der Waals surface area contributed by atoms with Gasteiger partial charge < -0.3 is 19.4 Å². The topological polar surface area (TPSA) is 103 Å². The minimum Gasteiger partial charge on any atom is -0.493 e. The fourth-order valence-electron chi connectivity index (χ4n) is 2.67. The molecule has 0 bridgehead atoms. The third-order valence-electron chi connectivity index (χ3n) is 4.35. The fourth-order valence-corrected chi connectivity index (χ4v) is 2.67. The Hall–Kier alpha value is -3.29. The first kappa shape index (κ1) is 23.0. The number of nitro groups is 1. The van der Waals surface area contributed by atoms with Crippen molar-refractivity contribution >= 4 is 11.4 Å². The molecule has 0 unspecified atom stereocenters. The second kappa shape index (κ2) is 11.6. The molecule has 2 aromatic rings. The van der Waals surface area contributed by atoms with Gasteiger partial charge in [-0.25, -0.2) is 0 Å². The first-order valence-electron chi connectivity index (χ1n) is 10.0. The van der Waals surface area contributed by atoms with Gasteiger partial charge in [-0.05, 0) is 31.9 Å². The number of hydrogen-bond donors (Lipinski definition) is 1. The molecule has 0 aromatic heterocycles. The third kappa shape index (κ3) is 6.37. The molecule has 0 atom stereocenters. The lowest BCUT2D eigenvalue weighted by molar-refractivity contribution is -0.384. The number of hydrogen-bond acceptors (Lipinski definition) is 7. The largest absolute Gasteiger partial charge is 0.493 e. The SMILES string of the molecule is CCCCOc1cc(OCCCC)c(/C(C)=N/O)c(Oc2ccc([N+](=O)[O-])cc2)c1. The number of ether oxygens (including phenoxy) is 3. The molecule has 0 aliphatic carbocycles. The maximum atomic E-state index is 10.9. The molecule has 0 saturated heterocycles. The molecule has 2 aromatic carbocycles. The smallest absolute Gasteiger partial charge is 0.269 e. The second-order valence-corrected chi connectivity index (χ2v) is 6.74. The number of oxime groups is 1.